The Kier molecular flexibility index (Phi) is 5.49. The standard InChI is InChI=1S/C10H14N4O2S/c1-2-3-7-17-9-8(15)12-10(16)14(13-9)6-4-5-11/h2-4,6-7H2,1H3,(H,12,15,16). The van der Waals surface area contributed by atoms with E-state index in [2.05, 4.69) is 17.0 Å². The lowest BCUT2D eigenvalue weighted by Crippen LogP contribution is -2.33. The van der Waals surface area contributed by atoms with Crippen LogP contribution in [-0.2, 0) is 6.54 Å². The molecule has 0 aliphatic rings. The number of nitriles is 1. The predicted octanol–water partition coefficient (Wildman–Crippen LogP) is 0.737. The second kappa shape index (κ2) is 6.91. The summed E-state index contributed by atoms with van der Waals surface area (Å²) in [6.45, 7) is 2.26. The van der Waals surface area contributed by atoms with E-state index >= 15 is 0 Å². The van der Waals surface area contributed by atoms with Gasteiger partial charge in [0.25, 0.3) is 5.56 Å². The van der Waals surface area contributed by atoms with Crippen molar-refractivity contribution in [2.45, 2.75) is 37.8 Å². The van der Waals surface area contributed by atoms with E-state index in [1.807, 2.05) is 6.07 Å². The molecule has 1 rings (SSSR count). The molecule has 0 bridgehead atoms. The third-order valence-corrected chi connectivity index (χ3v) is 3.07. The molecule has 0 saturated heterocycles. The molecule has 0 radical (unpaired) electrons. The third kappa shape index (κ3) is 4.07. The fraction of sp³-hybridized carbons (Fsp3) is 0.600. The molecule has 1 N–H and O–H groups in total. The summed E-state index contributed by atoms with van der Waals surface area (Å²) in [5.41, 5.74) is -1.02. The summed E-state index contributed by atoms with van der Waals surface area (Å²) >= 11 is 1.33. The van der Waals surface area contributed by atoms with Gasteiger partial charge in [0.1, 0.15) is 0 Å². The second-order valence-corrected chi connectivity index (χ2v) is 4.48. The van der Waals surface area contributed by atoms with Crippen LogP contribution in [0.1, 0.15) is 26.2 Å². The van der Waals surface area contributed by atoms with E-state index in [1.54, 1.807) is 0 Å². The van der Waals surface area contributed by atoms with E-state index in [-0.39, 0.29) is 18.0 Å². The van der Waals surface area contributed by atoms with Gasteiger partial charge in [-0.25, -0.2) is 9.48 Å². The minimum atomic E-state index is -0.565. The van der Waals surface area contributed by atoms with E-state index in [0.29, 0.717) is 0 Å². The highest BCUT2D eigenvalue weighted by molar-refractivity contribution is 7.99. The van der Waals surface area contributed by atoms with E-state index in [9.17, 15) is 9.59 Å². The van der Waals surface area contributed by atoms with Crippen LogP contribution in [-0.4, -0.2) is 20.5 Å². The summed E-state index contributed by atoms with van der Waals surface area (Å²) in [6.07, 6.45) is 2.22. The first-order valence-electron chi connectivity index (χ1n) is 5.40. The molecule has 0 aliphatic heterocycles. The van der Waals surface area contributed by atoms with Crippen LogP contribution < -0.4 is 11.2 Å². The lowest BCUT2D eigenvalue weighted by atomic mass is 10.4. The Morgan fingerprint density at radius 2 is 2.29 bits per heavy atom. The minimum absolute atomic E-state index is 0.192. The molecular weight excluding hydrogens is 240 g/mol. The Morgan fingerprint density at radius 1 is 1.53 bits per heavy atom. The van der Waals surface area contributed by atoms with Gasteiger partial charge in [0.15, 0.2) is 5.03 Å². The number of aromatic amines is 1. The van der Waals surface area contributed by atoms with Crippen molar-refractivity contribution in [3.05, 3.63) is 20.8 Å². The van der Waals surface area contributed by atoms with Gasteiger partial charge in [-0.15, -0.1) is 0 Å². The zero-order chi connectivity index (χ0) is 12.7. The van der Waals surface area contributed by atoms with Crippen molar-refractivity contribution in [3.63, 3.8) is 0 Å². The molecule has 1 aromatic heterocycles. The number of hydrogen-bond acceptors (Lipinski definition) is 5. The molecule has 0 aliphatic carbocycles. The number of H-pyrrole nitrogens is 1. The van der Waals surface area contributed by atoms with E-state index in [1.165, 1.54) is 11.8 Å². The summed E-state index contributed by atoms with van der Waals surface area (Å²) in [6, 6.07) is 1.93. The Bertz CT molecular complexity index is 514. The van der Waals surface area contributed by atoms with Crippen LogP contribution in [0.15, 0.2) is 14.6 Å². The number of unbranched alkanes of at least 4 members (excludes halogenated alkanes) is 1. The maximum Gasteiger partial charge on any atom is 0.344 e. The fourth-order valence-electron chi connectivity index (χ4n) is 1.13. The van der Waals surface area contributed by atoms with E-state index in [4.69, 9.17) is 5.26 Å². The van der Waals surface area contributed by atoms with Crippen LogP contribution in [0.5, 0.6) is 0 Å². The molecule has 0 atom stereocenters. The molecule has 1 heterocycles. The van der Waals surface area contributed by atoms with Crippen molar-refractivity contribution in [2.24, 2.45) is 0 Å². The Hall–Kier alpha value is -1.55. The quantitative estimate of drug-likeness (QED) is 0.597. The lowest BCUT2D eigenvalue weighted by molar-refractivity contribution is 0.536. The summed E-state index contributed by atoms with van der Waals surface area (Å²) in [5.74, 6) is 0.795. The molecule has 7 heteroatoms. The molecule has 6 nitrogen and oxygen atoms in total. The highest BCUT2D eigenvalue weighted by atomic mass is 32.2. The predicted molar refractivity (Wildman–Crippen MR) is 65.0 cm³/mol. The molecule has 17 heavy (non-hydrogen) atoms. The minimum Gasteiger partial charge on any atom is -0.270 e. The number of nitrogens with one attached hydrogen (secondary N) is 1. The fourth-order valence-corrected chi connectivity index (χ4v) is 2.10. The smallest absolute Gasteiger partial charge is 0.270 e. The normalized spacial score (nSPS) is 10.1. The number of hydrogen-bond donors (Lipinski definition) is 1. The SMILES string of the molecule is CCCCSc1nn(CCC#N)c(=O)[nH]c1=O. The van der Waals surface area contributed by atoms with Crippen molar-refractivity contribution in [3.8, 4) is 6.07 Å². The third-order valence-electron chi connectivity index (χ3n) is 2.03. The van der Waals surface area contributed by atoms with Gasteiger partial charge < -0.3 is 0 Å². The van der Waals surface area contributed by atoms with Crippen LogP contribution in [0.25, 0.3) is 0 Å². The van der Waals surface area contributed by atoms with Gasteiger partial charge in [-0.05, 0) is 12.2 Å². The molecule has 0 spiro atoms. The van der Waals surface area contributed by atoms with Gasteiger partial charge in [0, 0.05) is 0 Å². The Morgan fingerprint density at radius 3 is 2.94 bits per heavy atom. The Balaban J connectivity index is 2.87. The van der Waals surface area contributed by atoms with Crippen molar-refractivity contribution >= 4 is 11.8 Å². The molecule has 0 fully saturated rings. The average Bonchev–Trinajstić information content (AvgIpc) is 2.31. The van der Waals surface area contributed by atoms with Gasteiger partial charge in [-0.1, -0.05) is 25.1 Å². The van der Waals surface area contributed by atoms with Gasteiger partial charge in [-0.2, -0.15) is 10.4 Å². The summed E-state index contributed by atoms with van der Waals surface area (Å²) in [7, 11) is 0. The van der Waals surface area contributed by atoms with Gasteiger partial charge in [0.05, 0.1) is 19.0 Å². The topological polar surface area (TPSA) is 91.5 Å². The zero-order valence-corrected chi connectivity index (χ0v) is 10.4. The average molecular weight is 254 g/mol. The number of aryl methyl sites for hydroxylation is 1. The first-order valence-corrected chi connectivity index (χ1v) is 6.38. The van der Waals surface area contributed by atoms with Crippen LogP contribution in [0.2, 0.25) is 0 Å². The number of thioether (sulfide) groups is 1. The van der Waals surface area contributed by atoms with Crippen molar-refractivity contribution in [1.29, 1.82) is 5.26 Å². The molecular formula is C10H14N4O2S. The largest absolute Gasteiger partial charge is 0.344 e. The van der Waals surface area contributed by atoms with E-state index in [0.717, 1.165) is 23.3 Å². The molecule has 0 aromatic carbocycles. The monoisotopic (exact) mass is 254 g/mol. The molecule has 0 amide bonds. The van der Waals surface area contributed by atoms with Crippen molar-refractivity contribution < 1.29 is 0 Å². The highest BCUT2D eigenvalue weighted by Gasteiger charge is 2.06. The number of nitrogens with zero attached hydrogens (tertiary/aromatic N) is 3. The van der Waals surface area contributed by atoms with Gasteiger partial charge >= 0.3 is 5.69 Å². The number of aromatic nitrogens is 3. The molecule has 92 valence electrons. The summed E-state index contributed by atoms with van der Waals surface area (Å²) in [5, 5.41) is 12.7. The Labute approximate surface area is 103 Å². The maximum atomic E-state index is 11.4. The first kappa shape index (κ1) is 13.5. The van der Waals surface area contributed by atoms with Crippen molar-refractivity contribution in [2.75, 3.05) is 5.75 Å². The van der Waals surface area contributed by atoms with Crippen LogP contribution >= 0.6 is 11.8 Å². The van der Waals surface area contributed by atoms with E-state index < -0.39 is 11.2 Å². The van der Waals surface area contributed by atoms with Crippen LogP contribution in [0, 0.1) is 11.3 Å². The van der Waals surface area contributed by atoms with Crippen LogP contribution in [0.4, 0.5) is 0 Å². The number of rotatable bonds is 6. The summed E-state index contributed by atoms with van der Waals surface area (Å²) in [4.78, 5) is 25.0. The first-order chi connectivity index (χ1) is 8.19. The zero-order valence-electron chi connectivity index (χ0n) is 9.60. The van der Waals surface area contributed by atoms with Gasteiger partial charge in [0.2, 0.25) is 0 Å². The highest BCUT2D eigenvalue weighted by Crippen LogP contribution is 2.10. The van der Waals surface area contributed by atoms with Crippen LogP contribution in [0.3, 0.4) is 0 Å². The molecule has 0 unspecified atom stereocenters. The molecule has 1 aromatic rings. The molecule has 0 saturated carbocycles. The second-order valence-electron chi connectivity index (χ2n) is 3.40. The lowest BCUT2D eigenvalue weighted by Gasteiger charge is -2.03. The van der Waals surface area contributed by atoms with Gasteiger partial charge in [-0.3, -0.25) is 9.78 Å². The summed E-state index contributed by atoms with van der Waals surface area (Å²) < 4.78 is 1.12. The maximum absolute atomic E-state index is 11.4. The van der Waals surface area contributed by atoms with Crippen molar-refractivity contribution in [1.82, 2.24) is 14.8 Å².